The van der Waals surface area contributed by atoms with Crippen LogP contribution in [0.4, 0.5) is 0 Å². The number of nitrogens with zero attached hydrogens (tertiary/aromatic N) is 3. The largest absolute Gasteiger partial charge is 0.378 e. The summed E-state index contributed by atoms with van der Waals surface area (Å²) >= 11 is 5.40. The maximum absolute atomic E-state index is 12.9. The third kappa shape index (κ3) is 4.28. The van der Waals surface area contributed by atoms with Crippen LogP contribution in [0.2, 0.25) is 0 Å². The lowest BCUT2D eigenvalue weighted by atomic mass is 10.1. The van der Waals surface area contributed by atoms with Gasteiger partial charge in [-0.15, -0.1) is 0 Å². The molecule has 0 unspecified atom stereocenters. The monoisotopic (exact) mass is 390 g/mol. The van der Waals surface area contributed by atoms with Gasteiger partial charge in [-0.05, 0) is 43.5 Å². The van der Waals surface area contributed by atoms with Crippen molar-refractivity contribution in [3.05, 3.63) is 38.9 Å². The van der Waals surface area contributed by atoms with Gasteiger partial charge in [0, 0.05) is 31.7 Å². The van der Waals surface area contributed by atoms with E-state index in [4.69, 9.17) is 17.0 Å². The molecule has 146 valence electrons. The summed E-state index contributed by atoms with van der Waals surface area (Å²) in [6, 6.07) is 5.15. The van der Waals surface area contributed by atoms with E-state index in [2.05, 4.69) is 23.7 Å². The van der Waals surface area contributed by atoms with Gasteiger partial charge in [0.15, 0.2) is 4.77 Å². The van der Waals surface area contributed by atoms with Crippen molar-refractivity contribution in [1.82, 2.24) is 19.4 Å². The Morgan fingerprint density at radius 3 is 2.63 bits per heavy atom. The Balaban J connectivity index is 1.90. The Morgan fingerprint density at radius 2 is 1.96 bits per heavy atom. The highest BCUT2D eigenvalue weighted by molar-refractivity contribution is 7.71. The molecule has 1 aliphatic rings. The first-order chi connectivity index (χ1) is 13.0. The summed E-state index contributed by atoms with van der Waals surface area (Å²) < 4.78 is 7.28. The number of nitrogens with one attached hydrogen (secondary N) is 1. The number of amides is 1. The first-order valence-corrected chi connectivity index (χ1v) is 9.82. The molecule has 7 nitrogen and oxygen atoms in total. The lowest BCUT2D eigenvalue weighted by Gasteiger charge is -2.26. The molecule has 0 spiro atoms. The van der Waals surface area contributed by atoms with E-state index < -0.39 is 0 Å². The number of likely N-dealkylation sites (N-methyl/N-ethyl adjacent to an activating group) is 1. The number of aromatic amines is 1. The third-order valence-electron chi connectivity index (χ3n) is 5.06. The minimum atomic E-state index is -0.119. The molecule has 1 aromatic carbocycles. The smallest absolute Gasteiger partial charge is 0.262 e. The molecule has 0 aliphatic carbocycles. The van der Waals surface area contributed by atoms with Crippen molar-refractivity contribution in [2.75, 3.05) is 45.9 Å². The van der Waals surface area contributed by atoms with Crippen LogP contribution in [-0.2, 0) is 11.3 Å². The molecule has 2 heterocycles. The number of carbonyl (C=O) groups is 1. The zero-order valence-electron chi connectivity index (χ0n) is 15.9. The van der Waals surface area contributed by atoms with Crippen molar-refractivity contribution in [2.45, 2.75) is 20.4 Å². The number of hydrogen-bond acceptors (Lipinski definition) is 5. The number of aromatic nitrogens is 2. The molecule has 2 aromatic rings. The van der Waals surface area contributed by atoms with Crippen molar-refractivity contribution in [2.24, 2.45) is 0 Å². The van der Waals surface area contributed by atoms with Gasteiger partial charge in [-0.1, -0.05) is 13.8 Å². The number of hydrogen-bond donors (Lipinski definition) is 1. The summed E-state index contributed by atoms with van der Waals surface area (Å²) in [5, 5.41) is 0.543. The number of H-pyrrole nitrogens is 1. The number of ether oxygens (including phenoxy) is 1. The maximum atomic E-state index is 12.9. The molecule has 1 aliphatic heterocycles. The van der Waals surface area contributed by atoms with Crippen LogP contribution in [0, 0.1) is 4.77 Å². The average molecular weight is 391 g/mol. The summed E-state index contributed by atoms with van der Waals surface area (Å²) in [7, 11) is 0. The molecule has 1 aromatic heterocycles. The van der Waals surface area contributed by atoms with Gasteiger partial charge in [0.05, 0.1) is 24.1 Å². The number of carbonyl (C=O) groups excluding carboxylic acids is 1. The molecule has 0 atom stereocenters. The predicted octanol–water partition coefficient (Wildman–Crippen LogP) is 1.87. The molecule has 0 bridgehead atoms. The highest BCUT2D eigenvalue weighted by Gasteiger charge is 2.19. The SMILES string of the molecule is CCN(CC)CCn1c(=S)[nH]c2cc(C(=O)N3CCOCC3)ccc2c1=O. The molecule has 1 N–H and O–H groups in total. The lowest BCUT2D eigenvalue weighted by molar-refractivity contribution is 0.0303. The molecule has 0 radical (unpaired) electrons. The molecule has 1 saturated heterocycles. The Kier molecular flexibility index (Phi) is 6.41. The second-order valence-corrected chi connectivity index (χ2v) is 6.97. The molecular weight excluding hydrogens is 364 g/mol. The third-order valence-corrected chi connectivity index (χ3v) is 5.38. The molecule has 1 amide bonds. The summed E-state index contributed by atoms with van der Waals surface area (Å²) in [5.41, 5.74) is 1.03. The van der Waals surface area contributed by atoms with E-state index in [1.54, 1.807) is 27.7 Å². The molecule has 27 heavy (non-hydrogen) atoms. The van der Waals surface area contributed by atoms with E-state index in [1.165, 1.54) is 0 Å². The van der Waals surface area contributed by atoms with Gasteiger partial charge < -0.3 is 19.5 Å². The minimum Gasteiger partial charge on any atom is -0.378 e. The van der Waals surface area contributed by atoms with Crippen LogP contribution >= 0.6 is 12.2 Å². The maximum Gasteiger partial charge on any atom is 0.262 e. The molecule has 3 rings (SSSR count). The van der Waals surface area contributed by atoms with E-state index in [9.17, 15) is 9.59 Å². The van der Waals surface area contributed by atoms with Gasteiger partial charge in [0.1, 0.15) is 0 Å². The average Bonchev–Trinajstić information content (AvgIpc) is 2.70. The van der Waals surface area contributed by atoms with E-state index in [1.807, 2.05) is 0 Å². The van der Waals surface area contributed by atoms with Gasteiger partial charge in [0.2, 0.25) is 0 Å². The van der Waals surface area contributed by atoms with Crippen molar-refractivity contribution >= 4 is 29.0 Å². The van der Waals surface area contributed by atoms with Gasteiger partial charge in [-0.2, -0.15) is 0 Å². The van der Waals surface area contributed by atoms with Crippen LogP contribution in [-0.4, -0.2) is 71.2 Å². The number of morpholine rings is 1. The topological polar surface area (TPSA) is 70.6 Å². The second kappa shape index (κ2) is 8.77. The van der Waals surface area contributed by atoms with E-state index in [0.717, 1.165) is 19.6 Å². The zero-order valence-corrected chi connectivity index (χ0v) is 16.7. The number of rotatable bonds is 6. The minimum absolute atomic E-state index is 0.0507. The van der Waals surface area contributed by atoms with E-state index in [0.29, 0.717) is 54.1 Å². The summed E-state index contributed by atoms with van der Waals surface area (Å²) in [5.74, 6) is -0.0507. The fourth-order valence-corrected chi connectivity index (χ4v) is 3.61. The highest BCUT2D eigenvalue weighted by Crippen LogP contribution is 2.14. The Hall–Kier alpha value is -2.03. The molecule has 8 heteroatoms. The van der Waals surface area contributed by atoms with Crippen LogP contribution in [0.5, 0.6) is 0 Å². The predicted molar refractivity (Wildman–Crippen MR) is 108 cm³/mol. The number of fused-ring (bicyclic) bond motifs is 1. The van der Waals surface area contributed by atoms with Gasteiger partial charge in [0.25, 0.3) is 11.5 Å². The molecule has 0 saturated carbocycles. The van der Waals surface area contributed by atoms with E-state index >= 15 is 0 Å². The Morgan fingerprint density at radius 1 is 1.26 bits per heavy atom. The van der Waals surface area contributed by atoms with Gasteiger partial charge in [-0.3, -0.25) is 14.2 Å². The summed E-state index contributed by atoms with van der Waals surface area (Å²) in [4.78, 5) is 32.7. The summed E-state index contributed by atoms with van der Waals surface area (Å²) in [6.07, 6.45) is 0. The Bertz CT molecular complexity index is 927. The second-order valence-electron chi connectivity index (χ2n) is 6.58. The van der Waals surface area contributed by atoms with Crippen LogP contribution in [0.1, 0.15) is 24.2 Å². The van der Waals surface area contributed by atoms with Crippen LogP contribution in [0.3, 0.4) is 0 Å². The standard InChI is InChI=1S/C19H26N4O3S/c1-3-21(4-2)7-8-23-18(25)15-6-5-14(13-16(15)20-19(23)27)17(24)22-9-11-26-12-10-22/h5-6,13H,3-4,7-12H2,1-2H3,(H,20,27). The normalized spacial score (nSPS) is 14.9. The fraction of sp³-hybridized carbons (Fsp3) is 0.526. The van der Waals surface area contributed by atoms with Gasteiger partial charge in [-0.25, -0.2) is 0 Å². The summed E-state index contributed by atoms with van der Waals surface area (Å²) in [6.45, 7) is 9.65. The zero-order chi connectivity index (χ0) is 19.4. The van der Waals surface area contributed by atoms with Crippen molar-refractivity contribution in [3.63, 3.8) is 0 Å². The van der Waals surface area contributed by atoms with Crippen LogP contribution < -0.4 is 5.56 Å². The molecule has 1 fully saturated rings. The first-order valence-electron chi connectivity index (χ1n) is 9.41. The van der Waals surface area contributed by atoms with Gasteiger partial charge >= 0.3 is 0 Å². The van der Waals surface area contributed by atoms with E-state index in [-0.39, 0.29) is 11.5 Å². The fourth-order valence-electron chi connectivity index (χ4n) is 3.32. The Labute approximate surface area is 163 Å². The number of benzene rings is 1. The van der Waals surface area contributed by atoms with Crippen LogP contribution in [0.25, 0.3) is 10.9 Å². The van der Waals surface area contributed by atoms with Crippen molar-refractivity contribution in [1.29, 1.82) is 0 Å². The lowest BCUT2D eigenvalue weighted by Crippen LogP contribution is -2.40. The van der Waals surface area contributed by atoms with Crippen LogP contribution in [0.15, 0.2) is 23.0 Å². The van der Waals surface area contributed by atoms with Crippen molar-refractivity contribution < 1.29 is 9.53 Å². The quantitative estimate of drug-likeness (QED) is 0.763. The highest BCUT2D eigenvalue weighted by atomic mass is 32.1. The first kappa shape index (κ1) is 19.7. The molecular formula is C19H26N4O3S. The van der Waals surface area contributed by atoms with Crippen molar-refractivity contribution in [3.8, 4) is 0 Å².